The zero-order valence-corrected chi connectivity index (χ0v) is 17.3. The van der Waals surface area contributed by atoms with Gasteiger partial charge in [0.25, 0.3) is 0 Å². The van der Waals surface area contributed by atoms with Gasteiger partial charge in [-0.2, -0.15) is 4.98 Å². The van der Waals surface area contributed by atoms with E-state index in [9.17, 15) is 4.79 Å². The number of hydrogen-bond acceptors (Lipinski definition) is 7. The number of hydrogen-bond donors (Lipinski definition) is 1. The van der Waals surface area contributed by atoms with Gasteiger partial charge in [-0.3, -0.25) is 4.79 Å². The summed E-state index contributed by atoms with van der Waals surface area (Å²) >= 11 is 0. The Morgan fingerprint density at radius 3 is 2.68 bits per heavy atom. The molecule has 0 spiro atoms. The monoisotopic (exact) mass is 420 g/mol. The van der Waals surface area contributed by atoms with Crippen LogP contribution in [0.1, 0.15) is 24.4 Å². The molecule has 0 radical (unpaired) electrons. The predicted molar refractivity (Wildman–Crippen MR) is 114 cm³/mol. The maximum absolute atomic E-state index is 12.8. The summed E-state index contributed by atoms with van der Waals surface area (Å²) in [7, 11) is 1.63. The van der Waals surface area contributed by atoms with Crippen molar-refractivity contribution in [2.45, 2.75) is 18.9 Å². The van der Waals surface area contributed by atoms with Crippen LogP contribution in [0.15, 0.2) is 53.1 Å². The lowest BCUT2D eigenvalue weighted by molar-refractivity contribution is -0.126. The predicted octanol–water partition coefficient (Wildman–Crippen LogP) is 3.21. The molecule has 2 aliphatic heterocycles. The summed E-state index contributed by atoms with van der Waals surface area (Å²) in [6.45, 7) is 1.88. The van der Waals surface area contributed by atoms with Gasteiger partial charge < -0.3 is 24.2 Å². The highest BCUT2D eigenvalue weighted by Crippen LogP contribution is 2.32. The summed E-state index contributed by atoms with van der Waals surface area (Å²) in [4.78, 5) is 19.4. The molecule has 1 saturated heterocycles. The number of ether oxygens (including phenoxy) is 2. The van der Waals surface area contributed by atoms with Gasteiger partial charge in [0, 0.05) is 30.1 Å². The summed E-state index contributed by atoms with van der Waals surface area (Å²) < 4.78 is 16.3. The molecule has 160 valence electrons. The number of methoxy groups -OCH3 is 1. The van der Waals surface area contributed by atoms with Gasteiger partial charge in [-0.1, -0.05) is 23.4 Å². The Balaban J connectivity index is 1.17. The summed E-state index contributed by atoms with van der Waals surface area (Å²) in [5, 5.41) is 7.25. The van der Waals surface area contributed by atoms with Gasteiger partial charge in [0.2, 0.25) is 11.7 Å². The number of nitrogens with zero attached hydrogens (tertiary/aromatic N) is 3. The zero-order valence-electron chi connectivity index (χ0n) is 17.3. The van der Waals surface area contributed by atoms with Crippen LogP contribution in [0.2, 0.25) is 0 Å². The normalized spacial score (nSPS) is 18.4. The van der Waals surface area contributed by atoms with Crippen LogP contribution < -0.4 is 19.7 Å². The van der Waals surface area contributed by atoms with E-state index in [0.29, 0.717) is 31.5 Å². The van der Waals surface area contributed by atoms with Crippen LogP contribution in [0.25, 0.3) is 11.4 Å². The number of anilines is 1. The third kappa shape index (κ3) is 3.93. The van der Waals surface area contributed by atoms with Gasteiger partial charge in [0.05, 0.1) is 13.2 Å². The molecular weight excluding hydrogens is 396 g/mol. The number of piperidine rings is 1. The van der Waals surface area contributed by atoms with Gasteiger partial charge in [0.15, 0.2) is 0 Å². The maximum atomic E-state index is 12.8. The lowest BCUT2D eigenvalue weighted by Crippen LogP contribution is -2.42. The Kier molecular flexibility index (Phi) is 5.19. The second-order valence-corrected chi connectivity index (χ2v) is 7.80. The highest BCUT2D eigenvalue weighted by molar-refractivity contribution is 5.79. The van der Waals surface area contributed by atoms with Crippen molar-refractivity contribution < 1.29 is 18.8 Å². The lowest BCUT2D eigenvalue weighted by Gasteiger charge is -2.30. The molecule has 8 nitrogen and oxygen atoms in total. The second-order valence-electron chi connectivity index (χ2n) is 7.80. The molecule has 31 heavy (non-hydrogen) atoms. The summed E-state index contributed by atoms with van der Waals surface area (Å²) in [6.07, 6.45) is 1.47. The maximum Gasteiger partial charge on any atom is 0.324 e. The minimum Gasteiger partial charge on any atom is -0.497 e. The Hall–Kier alpha value is -3.55. The Labute approximate surface area is 180 Å². The molecule has 0 aliphatic carbocycles. The smallest absolute Gasteiger partial charge is 0.324 e. The van der Waals surface area contributed by atoms with Crippen LogP contribution in [0.3, 0.4) is 0 Å². The van der Waals surface area contributed by atoms with Crippen molar-refractivity contribution in [3.05, 3.63) is 54.1 Å². The molecule has 8 heteroatoms. The van der Waals surface area contributed by atoms with E-state index in [2.05, 4.69) is 15.5 Å². The van der Waals surface area contributed by atoms with E-state index < -0.39 is 0 Å². The number of nitrogens with one attached hydrogen (secondary N) is 1. The summed E-state index contributed by atoms with van der Waals surface area (Å²) in [5.41, 5.74) is 1.91. The molecule has 3 aromatic rings. The largest absolute Gasteiger partial charge is 0.497 e. The first-order valence-electron chi connectivity index (χ1n) is 10.5. The first kappa shape index (κ1) is 19.4. The number of amides is 1. The minimum absolute atomic E-state index is 0.0343. The molecule has 1 N–H and O–H groups in total. The first-order valence-corrected chi connectivity index (χ1v) is 10.5. The van der Waals surface area contributed by atoms with E-state index >= 15 is 0 Å². The van der Waals surface area contributed by atoms with Gasteiger partial charge in [0.1, 0.15) is 18.1 Å². The fourth-order valence-electron chi connectivity index (χ4n) is 4.11. The van der Waals surface area contributed by atoms with Gasteiger partial charge in [-0.25, -0.2) is 0 Å². The molecular formula is C23H24N4O4. The first-order chi connectivity index (χ1) is 15.2. The Morgan fingerprint density at radius 1 is 1.13 bits per heavy atom. The number of aromatic nitrogens is 2. The van der Waals surface area contributed by atoms with Gasteiger partial charge >= 0.3 is 6.01 Å². The fraction of sp³-hybridized carbons (Fsp3) is 0.348. The Morgan fingerprint density at radius 2 is 1.90 bits per heavy atom. The van der Waals surface area contributed by atoms with E-state index in [1.165, 1.54) is 0 Å². The van der Waals surface area contributed by atoms with Crippen molar-refractivity contribution in [1.29, 1.82) is 0 Å². The topological polar surface area (TPSA) is 89.7 Å². The molecule has 5 rings (SSSR count). The molecule has 0 saturated carbocycles. The number of fused-ring (bicyclic) bond motifs is 1. The van der Waals surface area contributed by atoms with E-state index in [1.807, 2.05) is 53.4 Å². The highest BCUT2D eigenvalue weighted by Gasteiger charge is 2.31. The van der Waals surface area contributed by atoms with Crippen LogP contribution in [0.4, 0.5) is 6.01 Å². The fourth-order valence-corrected chi connectivity index (χ4v) is 4.11. The molecule has 1 unspecified atom stereocenters. The average molecular weight is 420 g/mol. The van der Waals surface area contributed by atoms with Crippen LogP contribution in [0, 0.1) is 5.92 Å². The third-order valence-corrected chi connectivity index (χ3v) is 5.92. The van der Waals surface area contributed by atoms with E-state index in [-0.39, 0.29) is 17.9 Å². The number of carbonyl (C=O) groups excluding carboxylic acids is 1. The standard InChI is InChI=1S/C23H24N4O4/c1-29-17-8-6-15(7-9-17)21-25-23(31-26-21)27-12-10-16(11-13-27)22(28)24-19-14-30-20-5-3-2-4-18(19)20/h2-9,16,19H,10-14H2,1H3,(H,24,28). The SMILES string of the molecule is COc1ccc(-c2noc(N3CCC(C(=O)NC4COc5ccccc54)CC3)n2)cc1. The molecule has 1 amide bonds. The number of carbonyl (C=O) groups is 1. The average Bonchev–Trinajstić information content (AvgIpc) is 3.47. The Bertz CT molecular complexity index is 1060. The van der Waals surface area contributed by atoms with E-state index in [1.54, 1.807) is 7.11 Å². The highest BCUT2D eigenvalue weighted by atomic mass is 16.5. The third-order valence-electron chi connectivity index (χ3n) is 5.92. The van der Waals surface area contributed by atoms with Gasteiger partial charge in [-0.05, 0) is 43.2 Å². The van der Waals surface area contributed by atoms with Crippen LogP contribution >= 0.6 is 0 Å². The number of para-hydroxylation sites is 1. The van der Waals surface area contributed by atoms with Crippen molar-refractivity contribution in [2.75, 3.05) is 31.7 Å². The summed E-state index contributed by atoms with van der Waals surface area (Å²) in [5.74, 6) is 2.21. The van der Waals surface area contributed by atoms with E-state index in [0.717, 1.165) is 35.5 Å². The van der Waals surface area contributed by atoms with Crippen LogP contribution in [-0.2, 0) is 4.79 Å². The summed E-state index contributed by atoms with van der Waals surface area (Å²) in [6, 6.07) is 15.8. The van der Waals surface area contributed by atoms with Crippen molar-refractivity contribution in [1.82, 2.24) is 15.5 Å². The van der Waals surface area contributed by atoms with Crippen molar-refractivity contribution >= 4 is 11.9 Å². The molecule has 2 aliphatic rings. The van der Waals surface area contributed by atoms with Crippen molar-refractivity contribution in [3.8, 4) is 22.9 Å². The zero-order chi connectivity index (χ0) is 21.2. The van der Waals surface area contributed by atoms with E-state index in [4.69, 9.17) is 14.0 Å². The molecule has 2 aromatic carbocycles. The minimum atomic E-state index is -0.0790. The molecule has 1 fully saturated rings. The molecule has 0 bridgehead atoms. The van der Waals surface area contributed by atoms with Crippen LogP contribution in [-0.4, -0.2) is 42.9 Å². The van der Waals surface area contributed by atoms with Crippen LogP contribution in [0.5, 0.6) is 11.5 Å². The molecule has 3 heterocycles. The molecule has 1 atom stereocenters. The number of rotatable bonds is 5. The quantitative estimate of drug-likeness (QED) is 0.678. The lowest BCUT2D eigenvalue weighted by atomic mass is 9.95. The number of benzene rings is 2. The van der Waals surface area contributed by atoms with Crippen molar-refractivity contribution in [2.24, 2.45) is 5.92 Å². The van der Waals surface area contributed by atoms with Crippen molar-refractivity contribution in [3.63, 3.8) is 0 Å². The molecule has 1 aromatic heterocycles. The van der Waals surface area contributed by atoms with Gasteiger partial charge in [-0.15, -0.1) is 0 Å². The second kappa shape index (κ2) is 8.29.